The molecule has 0 aliphatic heterocycles. The first kappa shape index (κ1) is 35.4. The van der Waals surface area contributed by atoms with Gasteiger partial charge in [-0.2, -0.15) is 13.2 Å². The SMILES string of the molecule is CCN(CC)CCN(Cc1ccc(-c2ccc(C(F)(F)F)cc2)cc1)C(=O)Cn1c(CCc2cccc(F)c2F)cc(=O)c2cccnc21. The number of hydrogen-bond acceptors (Lipinski definition) is 4. The Morgan fingerprint density at radius 1 is 0.837 bits per heavy atom. The Morgan fingerprint density at radius 3 is 2.16 bits per heavy atom. The highest BCUT2D eigenvalue weighted by Gasteiger charge is 2.30. The third-order valence-electron chi connectivity index (χ3n) is 8.73. The Bertz CT molecular complexity index is 1950. The summed E-state index contributed by atoms with van der Waals surface area (Å²) in [6.45, 7) is 6.85. The van der Waals surface area contributed by atoms with Crippen LogP contribution >= 0.6 is 0 Å². The minimum absolute atomic E-state index is 0.104. The lowest BCUT2D eigenvalue weighted by molar-refractivity contribution is -0.137. The third-order valence-corrected chi connectivity index (χ3v) is 8.73. The van der Waals surface area contributed by atoms with Gasteiger partial charge in [0.15, 0.2) is 17.1 Å². The molecule has 2 heterocycles. The maximum Gasteiger partial charge on any atom is 0.416 e. The van der Waals surface area contributed by atoms with Crippen LogP contribution in [0, 0.1) is 11.6 Å². The van der Waals surface area contributed by atoms with E-state index in [1.807, 2.05) is 38.1 Å². The highest BCUT2D eigenvalue weighted by atomic mass is 19.4. The topological polar surface area (TPSA) is 58.4 Å². The molecule has 6 nitrogen and oxygen atoms in total. The van der Waals surface area contributed by atoms with E-state index in [0.29, 0.717) is 35.4 Å². The Labute approximate surface area is 281 Å². The number of alkyl halides is 3. The molecule has 0 aliphatic carbocycles. The number of pyridine rings is 2. The van der Waals surface area contributed by atoms with Gasteiger partial charge in [-0.25, -0.2) is 13.8 Å². The molecule has 0 bridgehead atoms. The average molecular weight is 677 g/mol. The zero-order chi connectivity index (χ0) is 35.1. The number of likely N-dealkylation sites (N-methyl/N-ethyl adjacent to an activating group) is 1. The number of aromatic nitrogens is 2. The normalized spacial score (nSPS) is 11.8. The van der Waals surface area contributed by atoms with Crippen LogP contribution < -0.4 is 5.43 Å². The van der Waals surface area contributed by atoms with E-state index in [0.717, 1.165) is 42.4 Å². The van der Waals surface area contributed by atoms with Crippen LogP contribution in [-0.4, -0.2) is 51.4 Å². The minimum atomic E-state index is -4.42. The van der Waals surface area contributed by atoms with Crippen LogP contribution in [0.25, 0.3) is 22.2 Å². The zero-order valence-corrected chi connectivity index (χ0v) is 27.3. The van der Waals surface area contributed by atoms with Gasteiger partial charge in [0.2, 0.25) is 5.91 Å². The summed E-state index contributed by atoms with van der Waals surface area (Å²) in [7, 11) is 0. The van der Waals surface area contributed by atoms with Crippen molar-refractivity contribution in [2.45, 2.75) is 46.0 Å². The van der Waals surface area contributed by atoms with Crippen LogP contribution in [0.1, 0.15) is 36.2 Å². The number of amides is 1. The van der Waals surface area contributed by atoms with Crippen molar-refractivity contribution in [2.24, 2.45) is 0 Å². The highest BCUT2D eigenvalue weighted by molar-refractivity contribution is 5.80. The second-order valence-electron chi connectivity index (χ2n) is 11.8. The molecular weight excluding hydrogens is 639 g/mol. The summed E-state index contributed by atoms with van der Waals surface area (Å²) in [6.07, 6.45) is -2.61. The first-order valence-electron chi connectivity index (χ1n) is 16.2. The lowest BCUT2D eigenvalue weighted by Gasteiger charge is -2.28. The van der Waals surface area contributed by atoms with Gasteiger partial charge in [-0.3, -0.25) is 9.59 Å². The van der Waals surface area contributed by atoms with E-state index < -0.39 is 23.4 Å². The van der Waals surface area contributed by atoms with Crippen LogP contribution in [0.4, 0.5) is 22.0 Å². The van der Waals surface area contributed by atoms with Crippen molar-refractivity contribution >= 4 is 16.9 Å². The molecule has 3 aromatic carbocycles. The highest BCUT2D eigenvalue weighted by Crippen LogP contribution is 2.31. The predicted molar refractivity (Wildman–Crippen MR) is 180 cm³/mol. The van der Waals surface area contributed by atoms with Gasteiger partial charge in [-0.05, 0) is 78.5 Å². The van der Waals surface area contributed by atoms with E-state index in [9.17, 15) is 31.5 Å². The standard InChI is InChI=1S/C38H37F5N4O2/c1-3-45(4-2)21-22-46(24-26-10-12-27(13-11-26)28-14-17-30(18-15-28)38(41,42)43)35(49)25-47-31(19-16-29-7-5-9-33(39)36(29)40)23-34(48)32-8-6-20-44-37(32)47/h5-15,17-18,20,23H,3-4,16,19,21-22,24-25H2,1-2H3. The number of fused-ring (bicyclic) bond motifs is 1. The van der Waals surface area contributed by atoms with Crippen molar-refractivity contribution in [2.75, 3.05) is 26.2 Å². The summed E-state index contributed by atoms with van der Waals surface area (Å²) in [5.41, 5.74) is 2.15. The van der Waals surface area contributed by atoms with Gasteiger partial charge in [-0.1, -0.05) is 62.4 Å². The average Bonchev–Trinajstić information content (AvgIpc) is 3.10. The predicted octanol–water partition coefficient (Wildman–Crippen LogP) is 7.52. The maximum absolute atomic E-state index is 14.5. The smallest absolute Gasteiger partial charge is 0.336 e. The lowest BCUT2D eigenvalue weighted by Crippen LogP contribution is -2.40. The molecule has 0 saturated carbocycles. The van der Waals surface area contributed by atoms with Crippen LogP contribution in [0.15, 0.2) is 95.9 Å². The second kappa shape index (κ2) is 15.5. The number of benzene rings is 3. The van der Waals surface area contributed by atoms with Gasteiger partial charge in [0, 0.05) is 37.6 Å². The first-order chi connectivity index (χ1) is 23.5. The summed E-state index contributed by atoms with van der Waals surface area (Å²) < 4.78 is 69.2. The van der Waals surface area contributed by atoms with E-state index in [1.165, 1.54) is 36.5 Å². The van der Waals surface area contributed by atoms with E-state index in [4.69, 9.17) is 0 Å². The maximum atomic E-state index is 14.5. The molecule has 0 N–H and O–H groups in total. The number of hydrogen-bond donors (Lipinski definition) is 0. The summed E-state index contributed by atoms with van der Waals surface area (Å²) >= 11 is 0. The molecule has 5 rings (SSSR count). The van der Waals surface area contributed by atoms with Crippen LogP contribution in [0.3, 0.4) is 0 Å². The zero-order valence-electron chi connectivity index (χ0n) is 27.3. The monoisotopic (exact) mass is 676 g/mol. The van der Waals surface area contributed by atoms with E-state index in [2.05, 4.69) is 9.88 Å². The van der Waals surface area contributed by atoms with Crippen molar-refractivity contribution in [1.29, 1.82) is 0 Å². The Balaban J connectivity index is 1.42. The molecule has 5 aromatic rings. The number of carbonyl (C=O) groups is 1. The third kappa shape index (κ3) is 8.58. The van der Waals surface area contributed by atoms with E-state index in [-0.39, 0.29) is 42.8 Å². The molecule has 0 aliphatic rings. The Hall–Kier alpha value is -4.90. The van der Waals surface area contributed by atoms with Crippen molar-refractivity contribution in [3.05, 3.63) is 135 Å². The largest absolute Gasteiger partial charge is 0.416 e. The molecule has 0 unspecified atom stereocenters. The van der Waals surface area contributed by atoms with Gasteiger partial charge in [0.25, 0.3) is 0 Å². The number of aryl methyl sites for hydroxylation is 2. The van der Waals surface area contributed by atoms with Gasteiger partial charge in [-0.15, -0.1) is 0 Å². The molecule has 49 heavy (non-hydrogen) atoms. The molecule has 11 heteroatoms. The van der Waals surface area contributed by atoms with Crippen LogP contribution in [-0.2, 0) is 36.9 Å². The number of rotatable bonds is 13. The van der Waals surface area contributed by atoms with Gasteiger partial charge < -0.3 is 14.4 Å². The van der Waals surface area contributed by atoms with Crippen molar-refractivity contribution in [1.82, 2.24) is 19.4 Å². The molecule has 0 spiro atoms. The fourth-order valence-electron chi connectivity index (χ4n) is 5.84. The summed E-state index contributed by atoms with van der Waals surface area (Å²) in [6, 6.07) is 20.9. The lowest BCUT2D eigenvalue weighted by atomic mass is 10.0. The summed E-state index contributed by atoms with van der Waals surface area (Å²) in [5.74, 6) is -2.13. The molecule has 0 atom stereocenters. The number of nitrogens with zero attached hydrogens (tertiary/aromatic N) is 4. The minimum Gasteiger partial charge on any atom is -0.336 e. The molecule has 0 saturated heterocycles. The first-order valence-corrected chi connectivity index (χ1v) is 16.2. The Kier molecular flexibility index (Phi) is 11.2. The summed E-state index contributed by atoms with van der Waals surface area (Å²) in [5, 5.41) is 0.338. The number of carbonyl (C=O) groups excluding carboxylic acids is 1. The van der Waals surface area contributed by atoms with Crippen molar-refractivity contribution in [3.8, 4) is 11.1 Å². The summed E-state index contributed by atoms with van der Waals surface area (Å²) in [4.78, 5) is 35.5. The molecular formula is C38H37F5N4O2. The molecule has 0 radical (unpaired) electrons. The quantitative estimate of drug-likeness (QED) is 0.121. The second-order valence-corrected chi connectivity index (χ2v) is 11.8. The van der Waals surface area contributed by atoms with Gasteiger partial charge >= 0.3 is 6.18 Å². The van der Waals surface area contributed by atoms with E-state index in [1.54, 1.807) is 21.6 Å². The van der Waals surface area contributed by atoms with Gasteiger partial charge in [0.1, 0.15) is 12.2 Å². The molecule has 2 aromatic heterocycles. The van der Waals surface area contributed by atoms with E-state index >= 15 is 0 Å². The van der Waals surface area contributed by atoms with Gasteiger partial charge in [0.05, 0.1) is 10.9 Å². The van der Waals surface area contributed by atoms with Crippen LogP contribution in [0.2, 0.25) is 0 Å². The molecule has 1 amide bonds. The molecule has 0 fully saturated rings. The van der Waals surface area contributed by atoms with Crippen LogP contribution in [0.5, 0.6) is 0 Å². The fourth-order valence-corrected chi connectivity index (χ4v) is 5.84. The fraction of sp³-hybridized carbons (Fsp3) is 0.289. The number of halogens is 5. The molecule has 256 valence electrons. The van der Waals surface area contributed by atoms with Crippen molar-refractivity contribution < 1.29 is 26.7 Å². The Morgan fingerprint density at radius 2 is 1.51 bits per heavy atom. The van der Waals surface area contributed by atoms with Crippen molar-refractivity contribution in [3.63, 3.8) is 0 Å².